The molecular formula is C20H21ClN2O4. The minimum atomic E-state index is -0.154. The van der Waals surface area contributed by atoms with E-state index in [-0.39, 0.29) is 5.56 Å². The summed E-state index contributed by atoms with van der Waals surface area (Å²) in [7, 11) is 4.78. The van der Waals surface area contributed by atoms with E-state index in [1.54, 1.807) is 26.3 Å². The second-order valence-electron chi connectivity index (χ2n) is 5.94. The molecule has 0 unspecified atom stereocenters. The van der Waals surface area contributed by atoms with Crippen molar-refractivity contribution in [1.29, 1.82) is 0 Å². The van der Waals surface area contributed by atoms with E-state index in [9.17, 15) is 4.79 Å². The largest absolute Gasteiger partial charge is 0.494 e. The third kappa shape index (κ3) is 3.85. The van der Waals surface area contributed by atoms with Gasteiger partial charge in [-0.3, -0.25) is 9.36 Å². The summed E-state index contributed by atoms with van der Waals surface area (Å²) in [6.07, 6.45) is 0.787. The van der Waals surface area contributed by atoms with Crippen LogP contribution in [0.2, 0.25) is 0 Å². The van der Waals surface area contributed by atoms with Gasteiger partial charge in [-0.15, -0.1) is 11.6 Å². The van der Waals surface area contributed by atoms with Gasteiger partial charge in [-0.1, -0.05) is 0 Å². The molecule has 0 spiro atoms. The number of fused-ring (bicyclic) bond motifs is 1. The molecule has 1 aromatic heterocycles. The maximum absolute atomic E-state index is 12.8. The summed E-state index contributed by atoms with van der Waals surface area (Å²) in [4.78, 5) is 17.5. The fourth-order valence-electron chi connectivity index (χ4n) is 2.80. The Morgan fingerprint density at radius 3 is 2.37 bits per heavy atom. The third-order valence-electron chi connectivity index (χ3n) is 4.24. The summed E-state index contributed by atoms with van der Waals surface area (Å²) in [6, 6.07) is 10.8. The van der Waals surface area contributed by atoms with Crippen LogP contribution in [0, 0.1) is 0 Å². The van der Waals surface area contributed by atoms with Crippen LogP contribution in [-0.4, -0.2) is 36.3 Å². The molecule has 6 nitrogen and oxygen atoms in total. The average Bonchev–Trinajstić information content (AvgIpc) is 2.70. The van der Waals surface area contributed by atoms with E-state index in [0.717, 1.165) is 17.7 Å². The van der Waals surface area contributed by atoms with Crippen molar-refractivity contribution in [2.45, 2.75) is 6.42 Å². The zero-order chi connectivity index (χ0) is 19.4. The summed E-state index contributed by atoms with van der Waals surface area (Å²) in [5.41, 5.74) is 1.21. The minimum Gasteiger partial charge on any atom is -0.494 e. The Bertz CT molecular complexity index is 1000. The molecule has 3 rings (SSSR count). The van der Waals surface area contributed by atoms with E-state index in [0.29, 0.717) is 40.7 Å². The van der Waals surface area contributed by atoms with Crippen molar-refractivity contribution in [3.05, 3.63) is 46.8 Å². The molecule has 0 saturated heterocycles. The maximum Gasteiger partial charge on any atom is 0.261 e. The number of hydrogen-bond donors (Lipinski definition) is 0. The molecule has 0 bridgehead atoms. The van der Waals surface area contributed by atoms with Crippen molar-refractivity contribution >= 4 is 22.5 Å². The Morgan fingerprint density at radius 1 is 1.07 bits per heavy atom. The van der Waals surface area contributed by atoms with Crippen LogP contribution in [-0.2, 0) is 7.05 Å². The van der Waals surface area contributed by atoms with Gasteiger partial charge in [0.1, 0.15) is 11.6 Å². The molecule has 0 aliphatic rings. The number of ether oxygens (including phenoxy) is 3. The van der Waals surface area contributed by atoms with Crippen molar-refractivity contribution in [1.82, 2.24) is 9.55 Å². The van der Waals surface area contributed by atoms with Gasteiger partial charge in [0.25, 0.3) is 5.56 Å². The number of nitrogens with zero attached hydrogens (tertiary/aromatic N) is 2. The van der Waals surface area contributed by atoms with Crippen LogP contribution in [0.3, 0.4) is 0 Å². The van der Waals surface area contributed by atoms with Gasteiger partial charge >= 0.3 is 0 Å². The van der Waals surface area contributed by atoms with Crippen LogP contribution >= 0.6 is 11.6 Å². The smallest absolute Gasteiger partial charge is 0.261 e. The lowest BCUT2D eigenvalue weighted by atomic mass is 10.1. The Balaban J connectivity index is 2.04. The number of benzene rings is 2. The molecule has 0 aliphatic carbocycles. The lowest BCUT2D eigenvalue weighted by molar-refractivity contribution is 0.318. The highest BCUT2D eigenvalue weighted by Crippen LogP contribution is 2.31. The molecular weight excluding hydrogens is 368 g/mol. The molecule has 0 fully saturated rings. The normalized spacial score (nSPS) is 10.8. The SMILES string of the molecule is COc1cc2nc(-c3ccc(OCCCCl)cc3)n(C)c(=O)c2cc1OC. The lowest BCUT2D eigenvalue weighted by Gasteiger charge is -2.13. The van der Waals surface area contributed by atoms with Gasteiger partial charge in [0.15, 0.2) is 11.5 Å². The Labute approximate surface area is 162 Å². The Morgan fingerprint density at radius 2 is 1.74 bits per heavy atom. The molecule has 0 saturated carbocycles. The molecule has 7 heteroatoms. The quantitative estimate of drug-likeness (QED) is 0.457. The highest BCUT2D eigenvalue weighted by molar-refractivity contribution is 6.17. The topological polar surface area (TPSA) is 62.6 Å². The summed E-state index contributed by atoms with van der Waals surface area (Å²) in [5, 5.41) is 0.472. The predicted molar refractivity (Wildman–Crippen MR) is 106 cm³/mol. The fourth-order valence-corrected chi connectivity index (χ4v) is 2.91. The van der Waals surface area contributed by atoms with Gasteiger partial charge in [0.05, 0.1) is 31.7 Å². The first-order valence-corrected chi connectivity index (χ1v) is 9.04. The van der Waals surface area contributed by atoms with Crippen molar-refractivity contribution in [2.24, 2.45) is 7.05 Å². The van der Waals surface area contributed by atoms with E-state index >= 15 is 0 Å². The predicted octanol–water partition coefficient (Wildman–Crippen LogP) is 3.63. The van der Waals surface area contributed by atoms with E-state index < -0.39 is 0 Å². The monoisotopic (exact) mass is 388 g/mol. The summed E-state index contributed by atoms with van der Waals surface area (Å²) in [6.45, 7) is 0.567. The fraction of sp³-hybridized carbons (Fsp3) is 0.300. The lowest BCUT2D eigenvalue weighted by Crippen LogP contribution is -2.20. The number of rotatable bonds is 7. The summed E-state index contributed by atoms with van der Waals surface area (Å²) >= 11 is 5.66. The first kappa shape index (κ1) is 19.0. The average molecular weight is 389 g/mol. The molecule has 0 aliphatic heterocycles. The molecule has 0 atom stereocenters. The van der Waals surface area contributed by atoms with Crippen LogP contribution in [0.25, 0.3) is 22.3 Å². The highest BCUT2D eigenvalue weighted by atomic mass is 35.5. The van der Waals surface area contributed by atoms with Gasteiger partial charge in [-0.2, -0.15) is 0 Å². The third-order valence-corrected chi connectivity index (χ3v) is 4.51. The first-order chi connectivity index (χ1) is 13.1. The van der Waals surface area contributed by atoms with Crippen molar-refractivity contribution in [3.63, 3.8) is 0 Å². The molecule has 1 heterocycles. The molecule has 2 aromatic carbocycles. The minimum absolute atomic E-state index is 0.154. The standard InChI is InChI=1S/C20H21ClN2O4/c1-23-19(13-5-7-14(8-6-13)27-10-4-9-21)22-16-12-18(26-3)17(25-2)11-15(16)20(23)24/h5-8,11-12H,4,9-10H2,1-3H3. The van der Waals surface area contributed by atoms with Crippen LogP contribution in [0.4, 0.5) is 0 Å². The van der Waals surface area contributed by atoms with E-state index in [1.165, 1.54) is 11.7 Å². The van der Waals surface area contributed by atoms with Crippen molar-refractivity contribution in [3.8, 4) is 28.6 Å². The number of halogens is 1. The van der Waals surface area contributed by atoms with Gasteiger partial charge in [0.2, 0.25) is 0 Å². The van der Waals surface area contributed by atoms with E-state index in [2.05, 4.69) is 4.98 Å². The van der Waals surface area contributed by atoms with Crippen LogP contribution < -0.4 is 19.8 Å². The van der Waals surface area contributed by atoms with Crippen LogP contribution in [0.1, 0.15) is 6.42 Å². The van der Waals surface area contributed by atoms with Crippen molar-refractivity contribution < 1.29 is 14.2 Å². The number of methoxy groups -OCH3 is 2. The highest BCUT2D eigenvalue weighted by Gasteiger charge is 2.14. The van der Waals surface area contributed by atoms with Crippen molar-refractivity contribution in [2.75, 3.05) is 26.7 Å². The second-order valence-corrected chi connectivity index (χ2v) is 6.32. The number of hydrogen-bond acceptors (Lipinski definition) is 5. The van der Waals surface area contributed by atoms with Crippen LogP contribution in [0.5, 0.6) is 17.2 Å². The Kier molecular flexibility index (Phi) is 5.86. The second kappa shape index (κ2) is 8.31. The number of alkyl halides is 1. The van der Waals surface area contributed by atoms with Gasteiger partial charge in [0, 0.05) is 24.6 Å². The molecule has 27 heavy (non-hydrogen) atoms. The molecule has 0 radical (unpaired) electrons. The van der Waals surface area contributed by atoms with Gasteiger partial charge < -0.3 is 14.2 Å². The Hall–Kier alpha value is -2.73. The molecule has 142 valence electrons. The van der Waals surface area contributed by atoms with E-state index in [4.69, 9.17) is 25.8 Å². The molecule has 0 N–H and O–H groups in total. The molecule has 0 amide bonds. The first-order valence-electron chi connectivity index (χ1n) is 8.51. The summed E-state index contributed by atoms with van der Waals surface area (Å²) < 4.78 is 17.7. The van der Waals surface area contributed by atoms with Crippen LogP contribution in [0.15, 0.2) is 41.2 Å². The molecule has 3 aromatic rings. The number of aromatic nitrogens is 2. The zero-order valence-electron chi connectivity index (χ0n) is 15.5. The summed E-state index contributed by atoms with van der Waals surface area (Å²) in [5.74, 6) is 2.90. The van der Waals surface area contributed by atoms with Gasteiger partial charge in [-0.25, -0.2) is 4.98 Å². The zero-order valence-corrected chi connectivity index (χ0v) is 16.2. The maximum atomic E-state index is 12.8. The van der Waals surface area contributed by atoms with E-state index in [1.807, 2.05) is 24.3 Å². The van der Waals surface area contributed by atoms with Gasteiger partial charge in [-0.05, 0) is 36.8 Å².